The van der Waals surface area contributed by atoms with E-state index in [1.165, 1.54) is 12.0 Å². The first kappa shape index (κ1) is 12.4. The highest BCUT2D eigenvalue weighted by Gasteiger charge is 2.37. The molecule has 0 spiro atoms. The molecular weight excluding hydrogens is 212 g/mol. The number of methoxy groups -OCH3 is 1. The van der Waals surface area contributed by atoms with Crippen molar-refractivity contribution in [3.63, 3.8) is 0 Å². The molecule has 0 unspecified atom stereocenters. The molecule has 1 aromatic carbocycles. The summed E-state index contributed by atoms with van der Waals surface area (Å²) >= 11 is 0. The summed E-state index contributed by atoms with van der Waals surface area (Å²) in [6.07, 6.45) is 2.30. The molecule has 17 heavy (non-hydrogen) atoms. The van der Waals surface area contributed by atoms with Gasteiger partial charge in [0.1, 0.15) is 5.75 Å². The molecule has 0 bridgehead atoms. The highest BCUT2D eigenvalue weighted by molar-refractivity contribution is 5.28. The van der Waals surface area contributed by atoms with Crippen LogP contribution in [0.1, 0.15) is 25.3 Å². The van der Waals surface area contributed by atoms with Crippen LogP contribution >= 0.6 is 0 Å². The Kier molecular flexibility index (Phi) is 3.69. The minimum atomic E-state index is 0.0631. The molecule has 0 atom stereocenters. The summed E-state index contributed by atoms with van der Waals surface area (Å²) in [4.78, 5) is 2.39. The first-order valence-electron chi connectivity index (χ1n) is 6.29. The Labute approximate surface area is 104 Å². The maximum absolute atomic E-state index is 6.25. The molecular formula is C14H22N2O. The van der Waals surface area contributed by atoms with Gasteiger partial charge in [-0.2, -0.15) is 0 Å². The highest BCUT2D eigenvalue weighted by Crippen LogP contribution is 2.25. The first-order valence-corrected chi connectivity index (χ1v) is 6.29. The van der Waals surface area contributed by atoms with E-state index >= 15 is 0 Å². The van der Waals surface area contributed by atoms with Gasteiger partial charge in [-0.25, -0.2) is 0 Å². The van der Waals surface area contributed by atoms with Crippen LogP contribution in [-0.2, 0) is 6.54 Å². The zero-order chi connectivity index (χ0) is 12.3. The molecule has 2 N–H and O–H groups in total. The number of nitrogens with zero attached hydrogens (tertiary/aromatic N) is 1. The largest absolute Gasteiger partial charge is 0.497 e. The Bertz CT molecular complexity index is 372. The third kappa shape index (κ3) is 2.99. The summed E-state index contributed by atoms with van der Waals surface area (Å²) in [7, 11) is 1.70. The van der Waals surface area contributed by atoms with Gasteiger partial charge in [-0.05, 0) is 24.1 Å². The number of likely N-dealkylation sites (tertiary alicyclic amines) is 1. The van der Waals surface area contributed by atoms with E-state index in [4.69, 9.17) is 10.5 Å². The smallest absolute Gasteiger partial charge is 0.119 e. The van der Waals surface area contributed by atoms with Crippen molar-refractivity contribution in [2.24, 2.45) is 5.73 Å². The van der Waals surface area contributed by atoms with E-state index in [0.717, 1.165) is 31.8 Å². The molecule has 1 aliphatic heterocycles. The van der Waals surface area contributed by atoms with Crippen molar-refractivity contribution < 1.29 is 4.74 Å². The summed E-state index contributed by atoms with van der Waals surface area (Å²) < 4.78 is 5.22. The zero-order valence-corrected chi connectivity index (χ0v) is 10.8. The standard InChI is InChI=1S/C14H22N2O/c1-3-7-14(15)10-16(11-14)9-12-5-4-6-13(8-12)17-2/h4-6,8H,3,7,9-11,15H2,1-2H3. The van der Waals surface area contributed by atoms with Crippen molar-refractivity contribution in [2.45, 2.75) is 31.8 Å². The van der Waals surface area contributed by atoms with Crippen LogP contribution in [0, 0.1) is 0 Å². The second-order valence-electron chi connectivity index (χ2n) is 5.11. The lowest BCUT2D eigenvalue weighted by molar-refractivity contribution is 0.0567. The van der Waals surface area contributed by atoms with E-state index in [0.29, 0.717) is 0 Å². The maximum atomic E-state index is 6.25. The molecule has 1 aliphatic rings. The molecule has 1 heterocycles. The molecule has 0 aliphatic carbocycles. The van der Waals surface area contributed by atoms with E-state index in [2.05, 4.69) is 24.0 Å². The maximum Gasteiger partial charge on any atom is 0.119 e. The predicted molar refractivity (Wildman–Crippen MR) is 70.1 cm³/mol. The van der Waals surface area contributed by atoms with Crippen LogP contribution in [0.25, 0.3) is 0 Å². The lowest BCUT2D eigenvalue weighted by Crippen LogP contribution is -2.66. The second kappa shape index (κ2) is 5.07. The minimum absolute atomic E-state index is 0.0631. The quantitative estimate of drug-likeness (QED) is 0.847. The van der Waals surface area contributed by atoms with Gasteiger partial charge in [0, 0.05) is 25.2 Å². The van der Waals surface area contributed by atoms with Crippen LogP contribution in [0.5, 0.6) is 5.75 Å². The summed E-state index contributed by atoms with van der Waals surface area (Å²) in [5.41, 5.74) is 7.60. The van der Waals surface area contributed by atoms with E-state index in [1.54, 1.807) is 7.11 Å². The van der Waals surface area contributed by atoms with Crippen molar-refractivity contribution in [3.05, 3.63) is 29.8 Å². The van der Waals surface area contributed by atoms with Crippen LogP contribution in [0.2, 0.25) is 0 Å². The molecule has 0 saturated carbocycles. The molecule has 3 heteroatoms. The Balaban J connectivity index is 1.87. The molecule has 0 amide bonds. The fraction of sp³-hybridized carbons (Fsp3) is 0.571. The molecule has 1 aromatic rings. The van der Waals surface area contributed by atoms with Gasteiger partial charge >= 0.3 is 0 Å². The fourth-order valence-corrected chi connectivity index (χ4v) is 2.64. The molecule has 1 fully saturated rings. The summed E-state index contributed by atoms with van der Waals surface area (Å²) in [6, 6.07) is 8.24. The van der Waals surface area contributed by atoms with Gasteiger partial charge in [0.05, 0.1) is 7.11 Å². The van der Waals surface area contributed by atoms with Crippen LogP contribution < -0.4 is 10.5 Å². The average molecular weight is 234 g/mol. The van der Waals surface area contributed by atoms with Gasteiger partial charge in [0.15, 0.2) is 0 Å². The number of benzene rings is 1. The van der Waals surface area contributed by atoms with Crippen LogP contribution in [-0.4, -0.2) is 30.6 Å². The van der Waals surface area contributed by atoms with Gasteiger partial charge in [-0.1, -0.05) is 25.5 Å². The number of hydrogen-bond donors (Lipinski definition) is 1. The van der Waals surface area contributed by atoms with Crippen molar-refractivity contribution >= 4 is 0 Å². The first-order chi connectivity index (χ1) is 8.15. The Morgan fingerprint density at radius 3 is 2.82 bits per heavy atom. The lowest BCUT2D eigenvalue weighted by Gasteiger charge is -2.48. The second-order valence-corrected chi connectivity index (χ2v) is 5.11. The predicted octanol–water partition coefficient (Wildman–Crippen LogP) is 2.01. The number of rotatable bonds is 5. The van der Waals surface area contributed by atoms with Gasteiger partial charge in [0.2, 0.25) is 0 Å². The van der Waals surface area contributed by atoms with Gasteiger partial charge in [-0.15, -0.1) is 0 Å². The van der Waals surface area contributed by atoms with Crippen molar-refractivity contribution in [1.82, 2.24) is 4.90 Å². The topological polar surface area (TPSA) is 38.5 Å². The molecule has 0 aromatic heterocycles. The van der Waals surface area contributed by atoms with Gasteiger partial charge in [0.25, 0.3) is 0 Å². The van der Waals surface area contributed by atoms with E-state index in [-0.39, 0.29) is 5.54 Å². The SMILES string of the molecule is CCCC1(N)CN(Cc2cccc(OC)c2)C1. The fourth-order valence-electron chi connectivity index (χ4n) is 2.64. The highest BCUT2D eigenvalue weighted by atomic mass is 16.5. The van der Waals surface area contributed by atoms with Crippen molar-refractivity contribution in [1.29, 1.82) is 0 Å². The van der Waals surface area contributed by atoms with Gasteiger partial charge < -0.3 is 10.5 Å². The number of hydrogen-bond acceptors (Lipinski definition) is 3. The number of ether oxygens (including phenoxy) is 1. The van der Waals surface area contributed by atoms with E-state index < -0.39 is 0 Å². The summed E-state index contributed by atoms with van der Waals surface area (Å²) in [6.45, 7) is 5.19. The zero-order valence-electron chi connectivity index (χ0n) is 10.8. The van der Waals surface area contributed by atoms with Crippen LogP contribution in [0.15, 0.2) is 24.3 Å². The Morgan fingerprint density at radius 2 is 2.18 bits per heavy atom. The molecule has 94 valence electrons. The van der Waals surface area contributed by atoms with Crippen molar-refractivity contribution in [3.8, 4) is 5.75 Å². The third-order valence-corrected chi connectivity index (χ3v) is 3.37. The van der Waals surface area contributed by atoms with E-state index in [9.17, 15) is 0 Å². The van der Waals surface area contributed by atoms with Crippen LogP contribution in [0.3, 0.4) is 0 Å². The monoisotopic (exact) mass is 234 g/mol. The minimum Gasteiger partial charge on any atom is -0.497 e. The molecule has 3 nitrogen and oxygen atoms in total. The molecule has 0 radical (unpaired) electrons. The Hall–Kier alpha value is -1.06. The third-order valence-electron chi connectivity index (χ3n) is 3.37. The summed E-state index contributed by atoms with van der Waals surface area (Å²) in [5.74, 6) is 0.926. The van der Waals surface area contributed by atoms with Gasteiger partial charge in [-0.3, -0.25) is 4.90 Å². The van der Waals surface area contributed by atoms with Crippen molar-refractivity contribution in [2.75, 3.05) is 20.2 Å². The molecule has 2 rings (SSSR count). The normalized spacial score (nSPS) is 18.8. The summed E-state index contributed by atoms with van der Waals surface area (Å²) in [5, 5.41) is 0. The molecule has 1 saturated heterocycles. The van der Waals surface area contributed by atoms with E-state index in [1.807, 2.05) is 12.1 Å². The van der Waals surface area contributed by atoms with Crippen LogP contribution in [0.4, 0.5) is 0 Å². The number of nitrogens with two attached hydrogens (primary N) is 1. The average Bonchev–Trinajstić information content (AvgIpc) is 2.28. The Morgan fingerprint density at radius 1 is 1.41 bits per heavy atom. The lowest BCUT2D eigenvalue weighted by atomic mass is 9.86.